The molecule has 0 spiro atoms. The number of ether oxygens (including phenoxy) is 2. The van der Waals surface area contributed by atoms with E-state index in [1.54, 1.807) is 62.8 Å². The van der Waals surface area contributed by atoms with Crippen LogP contribution in [-0.4, -0.2) is 45.5 Å². The molecule has 0 radical (unpaired) electrons. The Kier molecular flexibility index (Phi) is 6.10. The Morgan fingerprint density at radius 3 is 2.48 bits per heavy atom. The number of carbonyl (C=O) groups excluding carboxylic acids is 1. The monoisotopic (exact) mass is 469 g/mol. The van der Waals surface area contributed by atoms with Gasteiger partial charge in [0.25, 0.3) is 0 Å². The smallest absolute Gasteiger partial charge is 0.310 e. The van der Waals surface area contributed by atoms with Gasteiger partial charge in [-0.25, -0.2) is 13.4 Å². The Balaban J connectivity index is 1.72. The first-order valence-electron chi connectivity index (χ1n) is 10.0. The van der Waals surface area contributed by atoms with E-state index in [1.165, 1.54) is 11.3 Å². The topological polar surface area (TPSA) is 110 Å². The van der Waals surface area contributed by atoms with Crippen LogP contribution in [0.5, 0.6) is 11.5 Å². The minimum absolute atomic E-state index is 0.166. The number of methoxy groups -OCH3 is 2. The van der Waals surface area contributed by atoms with Gasteiger partial charge in [-0.3, -0.25) is 9.52 Å². The van der Waals surface area contributed by atoms with Gasteiger partial charge in [0.15, 0.2) is 5.76 Å². The van der Waals surface area contributed by atoms with Gasteiger partial charge in [0.2, 0.25) is 10.0 Å². The lowest BCUT2D eigenvalue weighted by Crippen LogP contribution is -2.27. The summed E-state index contributed by atoms with van der Waals surface area (Å²) in [6, 6.07) is 15.0. The molecule has 1 atom stereocenters. The number of furan rings is 1. The van der Waals surface area contributed by atoms with E-state index >= 15 is 0 Å². The van der Waals surface area contributed by atoms with Crippen molar-refractivity contribution >= 4 is 27.3 Å². The van der Waals surface area contributed by atoms with Crippen LogP contribution in [-0.2, 0) is 10.0 Å². The largest absolute Gasteiger partial charge is 0.497 e. The maximum atomic E-state index is 13.2. The number of nitrogens with zero attached hydrogens (tertiary/aromatic N) is 2. The maximum absolute atomic E-state index is 13.2. The molecule has 2 heterocycles. The summed E-state index contributed by atoms with van der Waals surface area (Å²) < 4.78 is 41.6. The highest BCUT2D eigenvalue weighted by Crippen LogP contribution is 2.40. The Hall–Kier alpha value is -3.79. The van der Waals surface area contributed by atoms with E-state index in [4.69, 9.17) is 13.9 Å². The van der Waals surface area contributed by atoms with E-state index in [9.17, 15) is 13.2 Å². The van der Waals surface area contributed by atoms with Crippen molar-refractivity contribution in [1.29, 1.82) is 0 Å². The molecule has 1 N–H and O–H groups in total. The van der Waals surface area contributed by atoms with E-state index < -0.39 is 16.1 Å². The zero-order valence-corrected chi connectivity index (χ0v) is 19.1. The Labute approximate surface area is 191 Å². The molecule has 2 aromatic carbocycles. The number of sulfonamides is 1. The third-order valence-corrected chi connectivity index (χ3v) is 5.77. The van der Waals surface area contributed by atoms with E-state index in [2.05, 4.69) is 9.82 Å². The summed E-state index contributed by atoms with van der Waals surface area (Å²) in [7, 11) is -0.249. The quantitative estimate of drug-likeness (QED) is 0.565. The fourth-order valence-corrected chi connectivity index (χ4v) is 4.24. The first-order valence-corrected chi connectivity index (χ1v) is 11.9. The van der Waals surface area contributed by atoms with Crippen molar-refractivity contribution in [2.75, 3.05) is 25.2 Å². The predicted octanol–water partition coefficient (Wildman–Crippen LogP) is 3.66. The lowest BCUT2D eigenvalue weighted by molar-refractivity contribution is 0.0676. The van der Waals surface area contributed by atoms with Crippen molar-refractivity contribution in [3.8, 4) is 11.5 Å². The van der Waals surface area contributed by atoms with Gasteiger partial charge in [0.1, 0.15) is 11.5 Å². The fourth-order valence-electron chi connectivity index (χ4n) is 3.67. The first kappa shape index (κ1) is 22.4. The molecule has 3 aromatic rings. The lowest BCUT2D eigenvalue weighted by atomic mass is 9.97. The summed E-state index contributed by atoms with van der Waals surface area (Å²) in [5.41, 5.74) is 2.60. The maximum Gasteiger partial charge on any atom is 0.310 e. The number of hydrazone groups is 1. The molecule has 0 bridgehead atoms. The van der Waals surface area contributed by atoms with Gasteiger partial charge in [0.05, 0.1) is 38.5 Å². The molecule has 10 heteroatoms. The summed E-state index contributed by atoms with van der Waals surface area (Å²) in [5, 5.41) is 6.00. The zero-order chi connectivity index (χ0) is 23.6. The van der Waals surface area contributed by atoms with Crippen LogP contribution in [0.15, 0.2) is 70.4 Å². The van der Waals surface area contributed by atoms with Gasteiger partial charge in [-0.05, 0) is 48.0 Å². The molecule has 33 heavy (non-hydrogen) atoms. The number of nitrogens with one attached hydrogen (secondary N) is 1. The summed E-state index contributed by atoms with van der Waals surface area (Å²) in [5.74, 6) is 1.00. The molecule has 9 nitrogen and oxygen atoms in total. The number of benzene rings is 2. The van der Waals surface area contributed by atoms with Crippen LogP contribution < -0.4 is 14.2 Å². The van der Waals surface area contributed by atoms with E-state index in [-0.39, 0.29) is 11.7 Å². The first-order chi connectivity index (χ1) is 15.8. The van der Waals surface area contributed by atoms with Gasteiger partial charge in [-0.2, -0.15) is 5.10 Å². The van der Waals surface area contributed by atoms with E-state index in [0.717, 1.165) is 17.4 Å². The third-order valence-electron chi connectivity index (χ3n) is 5.17. The highest BCUT2D eigenvalue weighted by molar-refractivity contribution is 7.92. The molecule has 0 unspecified atom stereocenters. The molecule has 172 valence electrons. The molecule has 0 saturated heterocycles. The van der Waals surface area contributed by atoms with Crippen molar-refractivity contribution in [2.24, 2.45) is 5.10 Å². The number of rotatable bonds is 7. The fraction of sp³-hybridized carbons (Fsp3) is 0.217. The van der Waals surface area contributed by atoms with Crippen molar-refractivity contribution in [3.05, 3.63) is 77.7 Å². The number of hydrogen-bond donors (Lipinski definition) is 1. The molecule has 4 rings (SSSR count). The molecule has 1 amide bonds. The Morgan fingerprint density at radius 2 is 1.88 bits per heavy atom. The van der Waals surface area contributed by atoms with E-state index in [0.29, 0.717) is 29.3 Å². The van der Waals surface area contributed by atoms with Crippen LogP contribution in [0.25, 0.3) is 0 Å². The normalized spacial score (nSPS) is 15.8. The summed E-state index contributed by atoms with van der Waals surface area (Å²) in [6.45, 7) is 0. The van der Waals surface area contributed by atoms with Gasteiger partial charge in [-0.1, -0.05) is 12.1 Å². The van der Waals surface area contributed by atoms with Crippen LogP contribution in [0, 0.1) is 0 Å². The molecule has 0 fully saturated rings. The van der Waals surface area contributed by atoms with Crippen LogP contribution in [0.3, 0.4) is 0 Å². The SMILES string of the molecule is COc1ccc(OC)c([C@H]2CC(c3ccc(NS(C)(=O)=O)cc3)=NN2C(=O)c2ccco2)c1. The van der Waals surface area contributed by atoms with Crippen molar-refractivity contribution < 1.29 is 27.1 Å². The van der Waals surface area contributed by atoms with Crippen LogP contribution in [0.2, 0.25) is 0 Å². The average molecular weight is 470 g/mol. The number of amides is 1. The number of anilines is 1. The summed E-state index contributed by atoms with van der Waals surface area (Å²) in [4.78, 5) is 13.2. The zero-order valence-electron chi connectivity index (χ0n) is 18.3. The minimum Gasteiger partial charge on any atom is -0.497 e. The second-order valence-corrected chi connectivity index (χ2v) is 9.20. The minimum atomic E-state index is -3.38. The highest BCUT2D eigenvalue weighted by Gasteiger charge is 2.36. The Bertz CT molecular complexity index is 1280. The molecule has 0 saturated carbocycles. The average Bonchev–Trinajstić information content (AvgIpc) is 3.48. The highest BCUT2D eigenvalue weighted by atomic mass is 32.2. The van der Waals surface area contributed by atoms with Crippen LogP contribution >= 0.6 is 0 Å². The van der Waals surface area contributed by atoms with Crippen molar-refractivity contribution in [2.45, 2.75) is 12.5 Å². The molecule has 1 aromatic heterocycles. The molecule has 1 aliphatic rings. The standard InChI is InChI=1S/C23H23N3O6S/c1-30-17-10-11-21(31-2)18(13-17)20-14-19(24-26(20)23(27)22-5-4-12-32-22)15-6-8-16(9-7-15)25-33(3,28)29/h4-13,20,25H,14H2,1-3H3/t20-/m1/s1. The van der Waals surface area contributed by atoms with Crippen molar-refractivity contribution in [3.63, 3.8) is 0 Å². The number of hydrogen-bond acceptors (Lipinski definition) is 7. The van der Waals surface area contributed by atoms with Gasteiger partial charge in [0, 0.05) is 17.7 Å². The lowest BCUT2D eigenvalue weighted by Gasteiger charge is -2.23. The van der Waals surface area contributed by atoms with E-state index in [1.807, 2.05) is 6.07 Å². The molecule has 0 aliphatic carbocycles. The van der Waals surface area contributed by atoms with Gasteiger partial charge < -0.3 is 13.9 Å². The summed E-state index contributed by atoms with van der Waals surface area (Å²) in [6.07, 6.45) is 2.93. The number of carbonyl (C=O) groups is 1. The molecule has 1 aliphatic heterocycles. The van der Waals surface area contributed by atoms with Crippen LogP contribution in [0.4, 0.5) is 5.69 Å². The predicted molar refractivity (Wildman–Crippen MR) is 123 cm³/mol. The second kappa shape index (κ2) is 8.99. The molecular formula is C23H23N3O6S. The van der Waals surface area contributed by atoms with Crippen LogP contribution in [0.1, 0.15) is 34.1 Å². The van der Waals surface area contributed by atoms with Crippen molar-refractivity contribution in [1.82, 2.24) is 5.01 Å². The second-order valence-electron chi connectivity index (χ2n) is 7.45. The summed E-state index contributed by atoms with van der Waals surface area (Å²) >= 11 is 0. The molecular weight excluding hydrogens is 446 g/mol. The van der Waals surface area contributed by atoms with Gasteiger partial charge >= 0.3 is 5.91 Å². The third kappa shape index (κ3) is 4.85. The van der Waals surface area contributed by atoms with Gasteiger partial charge in [-0.15, -0.1) is 0 Å². The Morgan fingerprint density at radius 1 is 1.12 bits per heavy atom.